The van der Waals surface area contributed by atoms with E-state index in [2.05, 4.69) is 5.32 Å². The number of ketones is 1. The van der Waals surface area contributed by atoms with Crippen LogP contribution in [-0.2, 0) is 9.53 Å². The van der Waals surface area contributed by atoms with Gasteiger partial charge in [0.25, 0.3) is 5.91 Å². The van der Waals surface area contributed by atoms with Crippen LogP contribution in [0.3, 0.4) is 0 Å². The molecule has 6 heteroatoms. The molecule has 0 spiro atoms. The topological polar surface area (TPSA) is 72.5 Å². The van der Waals surface area contributed by atoms with E-state index in [0.29, 0.717) is 11.1 Å². The highest BCUT2D eigenvalue weighted by molar-refractivity contribution is 6.09. The molecule has 0 atom stereocenters. The zero-order valence-electron chi connectivity index (χ0n) is 15.6. The maximum Gasteiger partial charge on any atom is 0.338 e. The minimum atomic E-state index is -0.719. The first-order valence-corrected chi connectivity index (χ1v) is 8.87. The van der Waals surface area contributed by atoms with Crippen LogP contribution in [0.1, 0.15) is 31.8 Å². The Morgan fingerprint density at radius 3 is 2.14 bits per heavy atom. The molecule has 0 aliphatic carbocycles. The number of benzene rings is 3. The van der Waals surface area contributed by atoms with E-state index in [1.165, 1.54) is 36.4 Å². The van der Waals surface area contributed by atoms with Crippen LogP contribution < -0.4 is 5.32 Å². The van der Waals surface area contributed by atoms with Crippen molar-refractivity contribution in [3.63, 3.8) is 0 Å². The summed E-state index contributed by atoms with van der Waals surface area (Å²) in [6, 6.07) is 19.1. The van der Waals surface area contributed by atoms with E-state index in [4.69, 9.17) is 4.74 Å². The summed E-state index contributed by atoms with van der Waals surface area (Å²) in [6.07, 6.45) is 0. The summed E-state index contributed by atoms with van der Waals surface area (Å²) in [5, 5.41) is 2.35. The fourth-order valence-electron chi connectivity index (χ4n) is 2.64. The molecule has 0 fully saturated rings. The fraction of sp³-hybridized carbons (Fsp3) is 0.0870. The predicted molar refractivity (Wildman–Crippen MR) is 106 cm³/mol. The van der Waals surface area contributed by atoms with Gasteiger partial charge in [0.05, 0.1) is 11.3 Å². The van der Waals surface area contributed by atoms with E-state index in [-0.39, 0.29) is 17.0 Å². The molecule has 3 aromatic carbocycles. The predicted octanol–water partition coefficient (Wildman–Crippen LogP) is 4.16. The summed E-state index contributed by atoms with van der Waals surface area (Å²) < 4.78 is 18.7. The van der Waals surface area contributed by atoms with Crippen molar-refractivity contribution in [3.8, 4) is 0 Å². The molecule has 29 heavy (non-hydrogen) atoms. The van der Waals surface area contributed by atoms with Crippen molar-refractivity contribution in [1.29, 1.82) is 0 Å². The Morgan fingerprint density at radius 1 is 0.862 bits per heavy atom. The second-order valence-electron chi connectivity index (χ2n) is 6.38. The molecule has 0 bridgehead atoms. The number of nitrogens with one attached hydrogen (secondary N) is 1. The van der Waals surface area contributed by atoms with Crippen molar-refractivity contribution in [3.05, 3.63) is 101 Å². The van der Waals surface area contributed by atoms with Gasteiger partial charge >= 0.3 is 5.97 Å². The number of esters is 1. The Labute approximate surface area is 167 Å². The van der Waals surface area contributed by atoms with Crippen molar-refractivity contribution >= 4 is 23.3 Å². The van der Waals surface area contributed by atoms with Crippen LogP contribution in [0, 0.1) is 12.7 Å². The summed E-state index contributed by atoms with van der Waals surface area (Å²) in [6.45, 7) is 1.17. The lowest BCUT2D eigenvalue weighted by Crippen LogP contribution is -2.21. The van der Waals surface area contributed by atoms with Gasteiger partial charge in [0, 0.05) is 11.1 Å². The highest BCUT2D eigenvalue weighted by Crippen LogP contribution is 2.15. The van der Waals surface area contributed by atoms with Gasteiger partial charge in [-0.05, 0) is 36.8 Å². The van der Waals surface area contributed by atoms with E-state index in [1.807, 2.05) is 6.07 Å². The van der Waals surface area contributed by atoms with Crippen LogP contribution in [0.2, 0.25) is 0 Å². The third-order valence-corrected chi connectivity index (χ3v) is 4.15. The molecule has 0 aliphatic heterocycles. The van der Waals surface area contributed by atoms with Crippen LogP contribution in [0.25, 0.3) is 0 Å². The van der Waals surface area contributed by atoms with Gasteiger partial charge in [-0.2, -0.15) is 0 Å². The molecule has 0 saturated carbocycles. The number of anilines is 1. The standard InChI is InChI=1S/C23H18FNO4/c1-15-7-12-20(19(24)13-15)25-21(26)14-29-23(28)18-10-8-17(9-11-18)22(27)16-5-3-2-4-6-16/h2-13H,14H2,1H3,(H,25,26). The lowest BCUT2D eigenvalue weighted by Gasteiger charge is -2.08. The van der Waals surface area contributed by atoms with Crippen molar-refractivity contribution in [2.75, 3.05) is 11.9 Å². The van der Waals surface area contributed by atoms with E-state index >= 15 is 0 Å². The number of hydrogen-bond donors (Lipinski definition) is 1. The maximum absolute atomic E-state index is 13.8. The molecule has 0 unspecified atom stereocenters. The van der Waals surface area contributed by atoms with Crippen LogP contribution >= 0.6 is 0 Å². The summed E-state index contributed by atoms with van der Waals surface area (Å²) in [4.78, 5) is 36.4. The number of hydrogen-bond acceptors (Lipinski definition) is 4. The normalized spacial score (nSPS) is 10.3. The first-order chi connectivity index (χ1) is 13.9. The zero-order valence-corrected chi connectivity index (χ0v) is 15.6. The van der Waals surface area contributed by atoms with E-state index in [0.717, 1.165) is 5.56 Å². The molecule has 0 aromatic heterocycles. The molecular formula is C23H18FNO4. The van der Waals surface area contributed by atoms with Crippen molar-refractivity contribution in [2.45, 2.75) is 6.92 Å². The Bertz CT molecular complexity index is 1050. The Balaban J connectivity index is 1.56. The van der Waals surface area contributed by atoms with Gasteiger partial charge < -0.3 is 10.1 Å². The molecule has 3 rings (SSSR count). The minimum absolute atomic E-state index is 0.0143. The van der Waals surface area contributed by atoms with Crippen LogP contribution in [0.4, 0.5) is 10.1 Å². The molecule has 0 saturated heterocycles. The highest BCUT2D eigenvalue weighted by atomic mass is 19.1. The summed E-state index contributed by atoms with van der Waals surface area (Å²) in [5.74, 6) is -2.10. The Kier molecular flexibility index (Phi) is 6.14. The summed E-state index contributed by atoms with van der Waals surface area (Å²) >= 11 is 0. The quantitative estimate of drug-likeness (QED) is 0.506. The van der Waals surface area contributed by atoms with Gasteiger partial charge in [-0.1, -0.05) is 48.5 Å². The molecule has 146 valence electrons. The third-order valence-electron chi connectivity index (χ3n) is 4.15. The maximum atomic E-state index is 13.8. The van der Waals surface area contributed by atoms with Gasteiger partial charge in [0.1, 0.15) is 5.82 Å². The average Bonchev–Trinajstić information content (AvgIpc) is 2.74. The average molecular weight is 391 g/mol. The molecule has 1 N–H and O–H groups in total. The number of amides is 1. The van der Waals surface area contributed by atoms with Gasteiger partial charge in [0.15, 0.2) is 12.4 Å². The Morgan fingerprint density at radius 2 is 1.48 bits per heavy atom. The second-order valence-corrected chi connectivity index (χ2v) is 6.38. The van der Waals surface area contributed by atoms with E-state index in [1.54, 1.807) is 37.3 Å². The van der Waals surface area contributed by atoms with Gasteiger partial charge in [0.2, 0.25) is 0 Å². The number of carbonyl (C=O) groups is 3. The Hall–Kier alpha value is -3.80. The first kappa shape index (κ1) is 19.9. The number of carbonyl (C=O) groups excluding carboxylic acids is 3. The number of ether oxygens (including phenoxy) is 1. The van der Waals surface area contributed by atoms with Crippen LogP contribution in [-0.4, -0.2) is 24.3 Å². The minimum Gasteiger partial charge on any atom is -0.452 e. The molecule has 3 aromatic rings. The first-order valence-electron chi connectivity index (χ1n) is 8.87. The lowest BCUT2D eigenvalue weighted by atomic mass is 10.0. The summed E-state index contributed by atoms with van der Waals surface area (Å²) in [7, 11) is 0. The molecule has 1 amide bonds. The molecule has 0 heterocycles. The van der Waals surface area contributed by atoms with Crippen molar-refractivity contribution < 1.29 is 23.5 Å². The largest absolute Gasteiger partial charge is 0.452 e. The van der Waals surface area contributed by atoms with Gasteiger partial charge in [-0.25, -0.2) is 9.18 Å². The third kappa shape index (κ3) is 5.13. The summed E-state index contributed by atoms with van der Waals surface area (Å²) in [5.41, 5.74) is 1.91. The zero-order chi connectivity index (χ0) is 20.8. The fourth-order valence-corrected chi connectivity index (χ4v) is 2.64. The smallest absolute Gasteiger partial charge is 0.338 e. The molecule has 0 radical (unpaired) electrons. The van der Waals surface area contributed by atoms with Crippen molar-refractivity contribution in [2.24, 2.45) is 0 Å². The van der Waals surface area contributed by atoms with Crippen molar-refractivity contribution in [1.82, 2.24) is 0 Å². The monoisotopic (exact) mass is 391 g/mol. The van der Waals surface area contributed by atoms with Crippen LogP contribution in [0.5, 0.6) is 0 Å². The van der Waals surface area contributed by atoms with Crippen LogP contribution in [0.15, 0.2) is 72.8 Å². The lowest BCUT2D eigenvalue weighted by molar-refractivity contribution is -0.119. The molecule has 5 nitrogen and oxygen atoms in total. The number of rotatable bonds is 6. The van der Waals surface area contributed by atoms with Gasteiger partial charge in [-0.15, -0.1) is 0 Å². The second kappa shape index (κ2) is 8.93. The molecule has 0 aliphatic rings. The highest BCUT2D eigenvalue weighted by Gasteiger charge is 2.14. The molecular weight excluding hydrogens is 373 g/mol. The van der Waals surface area contributed by atoms with E-state index < -0.39 is 24.3 Å². The number of halogens is 1. The SMILES string of the molecule is Cc1ccc(NC(=O)COC(=O)c2ccc(C(=O)c3ccccc3)cc2)c(F)c1. The number of aryl methyl sites for hydroxylation is 1. The van der Waals surface area contributed by atoms with Gasteiger partial charge in [-0.3, -0.25) is 9.59 Å². The van der Waals surface area contributed by atoms with E-state index in [9.17, 15) is 18.8 Å².